The zero-order chi connectivity index (χ0) is 12.0. The summed E-state index contributed by atoms with van der Waals surface area (Å²) in [6.45, 7) is 0.696. The predicted molar refractivity (Wildman–Crippen MR) is 63.2 cm³/mol. The van der Waals surface area contributed by atoms with Crippen LogP contribution in [0, 0.1) is 0 Å². The van der Waals surface area contributed by atoms with Crippen molar-refractivity contribution < 1.29 is 9.00 Å². The van der Waals surface area contributed by atoms with Gasteiger partial charge < -0.3 is 11.1 Å². The molecule has 1 rings (SSSR count). The molecule has 0 aliphatic heterocycles. The van der Waals surface area contributed by atoms with Crippen LogP contribution in [0.5, 0.6) is 0 Å². The molecule has 0 saturated heterocycles. The molecule has 90 valence electrons. The van der Waals surface area contributed by atoms with E-state index in [1.165, 1.54) is 4.68 Å². The predicted octanol–water partition coefficient (Wildman–Crippen LogP) is -0.650. The number of anilines is 1. The molecule has 6 nitrogen and oxygen atoms in total. The zero-order valence-electron chi connectivity index (χ0n) is 9.18. The highest BCUT2D eigenvalue weighted by atomic mass is 32.2. The maximum atomic E-state index is 11.4. The van der Waals surface area contributed by atoms with Crippen LogP contribution in [-0.2, 0) is 22.1 Å². The third-order valence-corrected chi connectivity index (χ3v) is 2.76. The first-order valence-electron chi connectivity index (χ1n) is 4.93. The first kappa shape index (κ1) is 12.7. The molecule has 0 aromatic carbocycles. The second kappa shape index (κ2) is 6.26. The highest BCUT2D eigenvalue weighted by Crippen LogP contribution is 1.94. The number of carbonyl (C=O) groups is 1. The fourth-order valence-electron chi connectivity index (χ4n) is 1.17. The lowest BCUT2D eigenvalue weighted by Crippen LogP contribution is -2.29. The van der Waals surface area contributed by atoms with Gasteiger partial charge in [0.05, 0.1) is 0 Å². The fraction of sp³-hybridized carbons (Fsp3) is 0.556. The van der Waals surface area contributed by atoms with Gasteiger partial charge in [0.15, 0.2) is 0 Å². The van der Waals surface area contributed by atoms with Gasteiger partial charge in [-0.25, -0.2) is 0 Å². The molecule has 1 amide bonds. The Morgan fingerprint density at radius 2 is 2.44 bits per heavy atom. The van der Waals surface area contributed by atoms with Crippen LogP contribution in [-0.4, -0.2) is 38.4 Å². The van der Waals surface area contributed by atoms with Crippen molar-refractivity contribution in [2.45, 2.75) is 13.0 Å². The van der Waals surface area contributed by atoms with E-state index in [0.29, 0.717) is 18.1 Å². The minimum absolute atomic E-state index is 0.120. The molecule has 7 heteroatoms. The molecule has 0 saturated carbocycles. The molecule has 0 spiro atoms. The second-order valence-corrected chi connectivity index (χ2v) is 4.97. The lowest BCUT2D eigenvalue weighted by atomic mass is 10.4. The van der Waals surface area contributed by atoms with Gasteiger partial charge in [0.2, 0.25) is 5.91 Å². The van der Waals surface area contributed by atoms with Crippen LogP contribution >= 0.6 is 0 Å². The summed E-state index contributed by atoms with van der Waals surface area (Å²) in [5.41, 5.74) is 5.41. The molecule has 3 N–H and O–H groups in total. The summed E-state index contributed by atoms with van der Waals surface area (Å²) in [6, 6.07) is 1.63. The monoisotopic (exact) mass is 244 g/mol. The van der Waals surface area contributed by atoms with Gasteiger partial charge in [-0.15, -0.1) is 0 Å². The maximum absolute atomic E-state index is 11.4. The molecule has 0 aliphatic rings. The van der Waals surface area contributed by atoms with Crippen LogP contribution in [0.1, 0.15) is 6.42 Å². The number of carbonyl (C=O) groups excluding carboxylic acids is 1. The van der Waals surface area contributed by atoms with Crippen molar-refractivity contribution in [2.75, 3.05) is 24.3 Å². The normalized spacial score (nSPS) is 12.3. The van der Waals surface area contributed by atoms with Gasteiger partial charge in [0.25, 0.3) is 0 Å². The van der Waals surface area contributed by atoms with Crippen molar-refractivity contribution in [2.24, 2.45) is 0 Å². The molecule has 16 heavy (non-hydrogen) atoms. The van der Waals surface area contributed by atoms with Gasteiger partial charge in [-0.05, 0) is 12.5 Å². The first-order valence-corrected chi connectivity index (χ1v) is 6.66. The van der Waals surface area contributed by atoms with Gasteiger partial charge in [0, 0.05) is 35.5 Å². The van der Waals surface area contributed by atoms with E-state index in [0.717, 1.165) is 6.42 Å². The van der Waals surface area contributed by atoms with E-state index in [1.807, 2.05) is 0 Å². The van der Waals surface area contributed by atoms with Crippen molar-refractivity contribution in [3.8, 4) is 0 Å². The topological polar surface area (TPSA) is 90.0 Å². The minimum atomic E-state index is -0.800. The third kappa shape index (κ3) is 4.92. The largest absolute Gasteiger partial charge is 0.382 e. The number of aromatic nitrogens is 2. The second-order valence-electron chi connectivity index (χ2n) is 3.42. The summed E-state index contributed by atoms with van der Waals surface area (Å²) in [5, 5.41) is 6.61. The number of nitrogens with two attached hydrogens (primary N) is 1. The molecule has 1 heterocycles. The molecular formula is C9H16N4O2S. The van der Waals surface area contributed by atoms with Gasteiger partial charge in [-0.3, -0.25) is 13.7 Å². The van der Waals surface area contributed by atoms with Gasteiger partial charge in [0.1, 0.15) is 12.4 Å². The molecule has 1 atom stereocenters. The molecular weight excluding hydrogens is 228 g/mol. The van der Waals surface area contributed by atoms with E-state index >= 15 is 0 Å². The number of hydrogen-bond donors (Lipinski definition) is 2. The first-order chi connectivity index (χ1) is 7.58. The highest BCUT2D eigenvalue weighted by molar-refractivity contribution is 7.84. The molecule has 1 unspecified atom stereocenters. The zero-order valence-corrected chi connectivity index (χ0v) is 10.00. The molecule has 0 bridgehead atoms. The standard InChI is InChI=1S/C9H16N4O2S/c1-16(15)6-2-4-11-9(14)7-13-5-3-8(10)12-13/h3,5H,2,4,6-7H2,1H3,(H2,10,12)(H,11,14). The Morgan fingerprint density at radius 3 is 3.00 bits per heavy atom. The smallest absolute Gasteiger partial charge is 0.241 e. The Bertz CT molecular complexity index is 377. The molecule has 0 aliphatic carbocycles. The molecule has 0 fully saturated rings. The van der Waals surface area contributed by atoms with Crippen LogP contribution < -0.4 is 11.1 Å². The molecule has 1 aromatic heterocycles. The van der Waals surface area contributed by atoms with Crippen molar-refractivity contribution in [3.63, 3.8) is 0 Å². The lowest BCUT2D eigenvalue weighted by Gasteiger charge is -2.04. The molecule has 1 aromatic rings. The minimum Gasteiger partial charge on any atom is -0.382 e. The fourth-order valence-corrected chi connectivity index (χ4v) is 1.72. The Hall–Kier alpha value is -1.37. The van der Waals surface area contributed by atoms with Gasteiger partial charge in [-0.2, -0.15) is 5.10 Å². The van der Waals surface area contributed by atoms with Gasteiger partial charge >= 0.3 is 0 Å². The highest BCUT2D eigenvalue weighted by Gasteiger charge is 2.03. The Kier molecular flexibility index (Phi) is 4.97. The number of amides is 1. The molecule has 0 radical (unpaired) electrons. The summed E-state index contributed by atoms with van der Waals surface area (Å²) in [5.74, 6) is 0.883. The lowest BCUT2D eigenvalue weighted by molar-refractivity contribution is -0.121. The van der Waals surface area contributed by atoms with Gasteiger partial charge in [-0.1, -0.05) is 0 Å². The third-order valence-electron chi connectivity index (χ3n) is 1.90. The number of nitrogens with one attached hydrogen (secondary N) is 1. The van der Waals surface area contributed by atoms with Crippen LogP contribution in [0.3, 0.4) is 0 Å². The average molecular weight is 244 g/mol. The maximum Gasteiger partial charge on any atom is 0.241 e. The van der Waals surface area contributed by atoms with Crippen molar-refractivity contribution >= 4 is 22.5 Å². The van der Waals surface area contributed by atoms with Crippen LogP contribution in [0.4, 0.5) is 5.82 Å². The van der Waals surface area contributed by atoms with Crippen LogP contribution in [0.15, 0.2) is 12.3 Å². The van der Waals surface area contributed by atoms with Crippen molar-refractivity contribution in [3.05, 3.63) is 12.3 Å². The Morgan fingerprint density at radius 1 is 1.69 bits per heavy atom. The van der Waals surface area contributed by atoms with E-state index in [9.17, 15) is 9.00 Å². The van der Waals surface area contributed by atoms with Crippen molar-refractivity contribution in [1.29, 1.82) is 0 Å². The SMILES string of the molecule is CS(=O)CCCNC(=O)Cn1ccc(N)n1. The summed E-state index contributed by atoms with van der Waals surface area (Å²) >= 11 is 0. The van der Waals surface area contributed by atoms with E-state index < -0.39 is 10.8 Å². The van der Waals surface area contributed by atoms with Crippen LogP contribution in [0.2, 0.25) is 0 Å². The van der Waals surface area contributed by atoms with E-state index in [2.05, 4.69) is 10.4 Å². The van der Waals surface area contributed by atoms with E-state index in [-0.39, 0.29) is 12.5 Å². The Balaban J connectivity index is 2.18. The average Bonchev–Trinajstić information content (AvgIpc) is 2.58. The summed E-state index contributed by atoms with van der Waals surface area (Å²) in [7, 11) is -0.800. The summed E-state index contributed by atoms with van der Waals surface area (Å²) in [6.07, 6.45) is 4.01. The number of nitrogen functional groups attached to an aromatic ring is 1. The number of hydrogen-bond acceptors (Lipinski definition) is 4. The van der Waals surface area contributed by atoms with Crippen LogP contribution in [0.25, 0.3) is 0 Å². The number of rotatable bonds is 6. The van der Waals surface area contributed by atoms with Crippen molar-refractivity contribution in [1.82, 2.24) is 15.1 Å². The number of nitrogens with zero attached hydrogens (tertiary/aromatic N) is 2. The van der Waals surface area contributed by atoms with E-state index in [4.69, 9.17) is 5.73 Å². The quantitative estimate of drug-likeness (QED) is 0.651. The Labute approximate surface area is 96.7 Å². The summed E-state index contributed by atoms with van der Waals surface area (Å²) in [4.78, 5) is 11.4. The van der Waals surface area contributed by atoms with E-state index in [1.54, 1.807) is 18.5 Å². The summed E-state index contributed by atoms with van der Waals surface area (Å²) < 4.78 is 12.2.